The zero-order valence-corrected chi connectivity index (χ0v) is 16.8. The lowest BCUT2D eigenvalue weighted by molar-refractivity contribution is -0.119. The summed E-state index contributed by atoms with van der Waals surface area (Å²) >= 11 is 1.85. The maximum absolute atomic E-state index is 11.9. The Morgan fingerprint density at radius 2 is 2.08 bits per heavy atom. The van der Waals surface area contributed by atoms with E-state index in [1.54, 1.807) is 7.11 Å². The summed E-state index contributed by atoms with van der Waals surface area (Å²) in [5.74, 6) is 0.612. The number of hydrogen-bond donors (Lipinski definition) is 3. The summed E-state index contributed by atoms with van der Waals surface area (Å²) in [6, 6.07) is 4.39. The molecule has 0 radical (unpaired) electrons. The maximum Gasteiger partial charge on any atom is 0.241 e. The van der Waals surface area contributed by atoms with Crippen molar-refractivity contribution in [3.63, 3.8) is 0 Å². The zero-order chi connectivity index (χ0) is 18.7. The number of aliphatic imine (C=N–C) groups is 1. The summed E-state index contributed by atoms with van der Waals surface area (Å²) in [4.78, 5) is 17.7. The molecule has 1 aromatic heterocycles. The third-order valence-corrected chi connectivity index (χ3v) is 5.92. The van der Waals surface area contributed by atoms with Crippen LogP contribution in [0.3, 0.4) is 0 Å². The number of ether oxygens (including phenoxy) is 1. The van der Waals surface area contributed by atoms with Crippen LogP contribution in [0.1, 0.15) is 43.9 Å². The van der Waals surface area contributed by atoms with Crippen LogP contribution in [-0.4, -0.2) is 51.8 Å². The molecule has 0 atom stereocenters. The SMILES string of the molecule is CCNC(=NCC(=O)NCCOC)NCC1(c2cccs2)CCCCC1. The minimum atomic E-state index is -0.0927. The van der Waals surface area contributed by atoms with Gasteiger partial charge in [-0.05, 0) is 31.2 Å². The van der Waals surface area contributed by atoms with Crippen LogP contribution in [0.25, 0.3) is 0 Å². The highest BCUT2D eigenvalue weighted by Crippen LogP contribution is 2.41. The van der Waals surface area contributed by atoms with Gasteiger partial charge in [-0.1, -0.05) is 25.3 Å². The van der Waals surface area contributed by atoms with Gasteiger partial charge in [0.15, 0.2) is 5.96 Å². The topological polar surface area (TPSA) is 74.8 Å². The van der Waals surface area contributed by atoms with E-state index in [1.165, 1.54) is 37.0 Å². The summed E-state index contributed by atoms with van der Waals surface area (Å²) in [5.41, 5.74) is 0.184. The first-order valence-electron chi connectivity index (χ1n) is 9.52. The molecular formula is C19H32N4O2S. The van der Waals surface area contributed by atoms with Crippen LogP contribution in [-0.2, 0) is 14.9 Å². The quantitative estimate of drug-likeness (QED) is 0.349. The van der Waals surface area contributed by atoms with Crippen LogP contribution in [0.15, 0.2) is 22.5 Å². The van der Waals surface area contributed by atoms with Gasteiger partial charge in [0.25, 0.3) is 0 Å². The Morgan fingerprint density at radius 3 is 2.73 bits per heavy atom. The van der Waals surface area contributed by atoms with E-state index in [0.717, 1.165) is 13.1 Å². The Bertz CT molecular complexity index is 554. The van der Waals surface area contributed by atoms with E-state index in [1.807, 2.05) is 18.3 Å². The third-order valence-electron chi connectivity index (χ3n) is 4.80. The molecule has 1 aliphatic carbocycles. The van der Waals surface area contributed by atoms with Crippen LogP contribution in [0, 0.1) is 0 Å². The summed E-state index contributed by atoms with van der Waals surface area (Å²) in [6.07, 6.45) is 6.28. The first-order chi connectivity index (χ1) is 12.7. The summed E-state index contributed by atoms with van der Waals surface area (Å²) in [7, 11) is 1.62. The number of nitrogens with zero attached hydrogens (tertiary/aromatic N) is 1. The first-order valence-corrected chi connectivity index (χ1v) is 10.4. The van der Waals surface area contributed by atoms with E-state index in [4.69, 9.17) is 4.74 Å². The van der Waals surface area contributed by atoms with E-state index in [9.17, 15) is 4.79 Å². The second-order valence-electron chi connectivity index (χ2n) is 6.71. The molecule has 1 heterocycles. The second-order valence-corrected chi connectivity index (χ2v) is 7.66. The molecule has 0 unspecified atom stereocenters. The Labute approximate surface area is 160 Å². The van der Waals surface area contributed by atoms with E-state index in [0.29, 0.717) is 19.1 Å². The predicted octanol–water partition coefficient (Wildman–Crippen LogP) is 2.27. The highest BCUT2D eigenvalue weighted by molar-refractivity contribution is 7.10. The van der Waals surface area contributed by atoms with E-state index < -0.39 is 0 Å². The number of amides is 1. The fourth-order valence-electron chi connectivity index (χ4n) is 3.41. The normalized spacial score (nSPS) is 16.9. The molecule has 0 aliphatic heterocycles. The summed E-state index contributed by atoms with van der Waals surface area (Å²) < 4.78 is 4.93. The van der Waals surface area contributed by atoms with Crippen molar-refractivity contribution in [2.75, 3.05) is 39.9 Å². The van der Waals surface area contributed by atoms with Gasteiger partial charge in [0.05, 0.1) is 6.61 Å². The van der Waals surface area contributed by atoms with Crippen LogP contribution in [0.4, 0.5) is 0 Å². The fraction of sp³-hybridized carbons (Fsp3) is 0.684. The van der Waals surface area contributed by atoms with Gasteiger partial charge in [-0.3, -0.25) is 4.79 Å². The number of methoxy groups -OCH3 is 1. The number of thiophene rings is 1. The molecule has 1 amide bonds. The fourth-order valence-corrected chi connectivity index (χ4v) is 4.40. The average Bonchev–Trinajstić information content (AvgIpc) is 3.20. The molecule has 26 heavy (non-hydrogen) atoms. The summed E-state index contributed by atoms with van der Waals surface area (Å²) in [6.45, 7) is 4.79. The van der Waals surface area contributed by atoms with Crippen LogP contribution in [0.5, 0.6) is 0 Å². The van der Waals surface area contributed by atoms with Gasteiger partial charge in [-0.2, -0.15) is 0 Å². The van der Waals surface area contributed by atoms with Gasteiger partial charge in [0.2, 0.25) is 5.91 Å². The Balaban J connectivity index is 1.95. The molecule has 7 heteroatoms. The molecule has 0 aromatic carbocycles. The second kappa shape index (κ2) is 11.2. The van der Waals surface area contributed by atoms with Crippen molar-refractivity contribution in [3.05, 3.63) is 22.4 Å². The van der Waals surface area contributed by atoms with Crippen molar-refractivity contribution in [1.82, 2.24) is 16.0 Å². The highest BCUT2D eigenvalue weighted by Gasteiger charge is 2.34. The minimum Gasteiger partial charge on any atom is -0.383 e. The van der Waals surface area contributed by atoms with Crippen LogP contribution in [0.2, 0.25) is 0 Å². The van der Waals surface area contributed by atoms with E-state index in [-0.39, 0.29) is 17.9 Å². The molecule has 146 valence electrons. The predicted molar refractivity (Wildman–Crippen MR) is 108 cm³/mol. The maximum atomic E-state index is 11.9. The van der Waals surface area contributed by atoms with Gasteiger partial charge in [0, 0.05) is 37.0 Å². The molecule has 0 saturated heterocycles. The molecule has 1 aromatic rings. The first kappa shape index (κ1) is 20.7. The molecule has 1 aliphatic rings. The molecule has 1 fully saturated rings. The molecule has 3 N–H and O–H groups in total. The van der Waals surface area contributed by atoms with Crippen molar-refractivity contribution in [1.29, 1.82) is 0 Å². The molecule has 0 spiro atoms. The number of nitrogens with one attached hydrogen (secondary N) is 3. The Kier molecular flexibility index (Phi) is 8.91. The molecule has 1 saturated carbocycles. The number of carbonyl (C=O) groups excluding carboxylic acids is 1. The van der Waals surface area contributed by atoms with Crippen LogP contribution >= 0.6 is 11.3 Å². The Morgan fingerprint density at radius 1 is 1.27 bits per heavy atom. The average molecular weight is 381 g/mol. The lowest BCUT2D eigenvalue weighted by Gasteiger charge is -2.37. The van der Waals surface area contributed by atoms with Crippen molar-refractivity contribution in [3.8, 4) is 0 Å². The van der Waals surface area contributed by atoms with Crippen molar-refractivity contribution in [2.45, 2.75) is 44.4 Å². The molecule has 0 bridgehead atoms. The summed E-state index contributed by atoms with van der Waals surface area (Å²) in [5, 5.41) is 11.7. The lowest BCUT2D eigenvalue weighted by Crippen LogP contribution is -2.46. The molecular weight excluding hydrogens is 348 g/mol. The molecule has 6 nitrogen and oxygen atoms in total. The van der Waals surface area contributed by atoms with Gasteiger partial charge in [-0.25, -0.2) is 4.99 Å². The van der Waals surface area contributed by atoms with Crippen molar-refractivity contribution < 1.29 is 9.53 Å². The number of rotatable bonds is 9. The largest absolute Gasteiger partial charge is 0.383 e. The van der Waals surface area contributed by atoms with Crippen molar-refractivity contribution >= 4 is 23.2 Å². The smallest absolute Gasteiger partial charge is 0.241 e. The van der Waals surface area contributed by atoms with Gasteiger partial charge in [-0.15, -0.1) is 11.3 Å². The molecule has 2 rings (SSSR count). The Hall–Kier alpha value is -1.60. The minimum absolute atomic E-state index is 0.0927. The number of hydrogen-bond acceptors (Lipinski definition) is 4. The highest BCUT2D eigenvalue weighted by atomic mass is 32.1. The van der Waals surface area contributed by atoms with E-state index in [2.05, 4.69) is 38.5 Å². The van der Waals surface area contributed by atoms with Gasteiger partial charge >= 0.3 is 0 Å². The zero-order valence-electron chi connectivity index (χ0n) is 16.0. The monoisotopic (exact) mass is 380 g/mol. The van der Waals surface area contributed by atoms with Crippen LogP contribution < -0.4 is 16.0 Å². The van der Waals surface area contributed by atoms with Gasteiger partial charge < -0.3 is 20.7 Å². The van der Waals surface area contributed by atoms with E-state index >= 15 is 0 Å². The lowest BCUT2D eigenvalue weighted by atomic mass is 9.73. The van der Waals surface area contributed by atoms with Gasteiger partial charge in [0.1, 0.15) is 6.54 Å². The number of carbonyl (C=O) groups is 1. The van der Waals surface area contributed by atoms with Crippen molar-refractivity contribution in [2.24, 2.45) is 4.99 Å². The third kappa shape index (κ3) is 6.29. The number of guanidine groups is 1. The standard InChI is InChI=1S/C19H32N4O2S/c1-3-20-18(22-14-17(24)21-11-12-25-2)23-15-19(9-5-4-6-10-19)16-8-7-13-26-16/h7-8,13H,3-6,9-12,14-15H2,1-2H3,(H,21,24)(H2,20,22,23).